The SMILES string of the molecule is c1ccc(-c2cc(-c3nc(-n4c5ccccc5c5cc6c7ccccc7n(-c7ccccc7)c6cc54)nc4ccccc34)c3oc4cc5ccccc5cc4c3c2)cc1. The molecule has 274 valence electrons. The molecule has 0 bridgehead atoms. The fourth-order valence-electron chi connectivity index (χ4n) is 9.41. The first kappa shape index (κ1) is 32.1. The van der Waals surface area contributed by atoms with Crippen LogP contribution >= 0.6 is 0 Å². The van der Waals surface area contributed by atoms with Gasteiger partial charge in [0.2, 0.25) is 5.95 Å². The van der Waals surface area contributed by atoms with Gasteiger partial charge >= 0.3 is 0 Å². The molecule has 5 heteroatoms. The Morgan fingerprint density at radius 3 is 1.75 bits per heavy atom. The molecule has 5 nitrogen and oxygen atoms in total. The third-order valence-electron chi connectivity index (χ3n) is 12.1. The summed E-state index contributed by atoms with van der Waals surface area (Å²) in [5, 5.41) is 10.1. The summed E-state index contributed by atoms with van der Waals surface area (Å²) in [6.07, 6.45) is 0. The fraction of sp³-hybridized carbons (Fsp3) is 0. The molecular weight excluding hydrogens is 721 g/mol. The summed E-state index contributed by atoms with van der Waals surface area (Å²) < 4.78 is 11.5. The van der Waals surface area contributed by atoms with Crippen molar-refractivity contribution in [3.63, 3.8) is 0 Å². The van der Waals surface area contributed by atoms with Gasteiger partial charge in [-0.3, -0.25) is 4.57 Å². The average Bonchev–Trinajstić information content (AvgIpc) is 3.94. The lowest BCUT2D eigenvalue weighted by Gasteiger charge is -2.13. The van der Waals surface area contributed by atoms with Gasteiger partial charge in [-0.15, -0.1) is 0 Å². The molecule has 13 aromatic rings. The highest BCUT2D eigenvalue weighted by Crippen LogP contribution is 2.44. The number of fused-ring (bicyclic) bond motifs is 11. The molecule has 0 atom stereocenters. The number of hydrogen-bond donors (Lipinski definition) is 0. The van der Waals surface area contributed by atoms with Crippen molar-refractivity contribution < 1.29 is 4.42 Å². The quantitative estimate of drug-likeness (QED) is 0.180. The second-order valence-corrected chi connectivity index (χ2v) is 15.4. The van der Waals surface area contributed by atoms with Crippen molar-refractivity contribution in [3.8, 4) is 34.0 Å². The van der Waals surface area contributed by atoms with Crippen molar-refractivity contribution in [3.05, 3.63) is 194 Å². The Kier molecular flexibility index (Phi) is 6.66. The molecule has 4 aromatic heterocycles. The molecule has 0 unspecified atom stereocenters. The largest absolute Gasteiger partial charge is 0.455 e. The second-order valence-electron chi connectivity index (χ2n) is 15.4. The molecule has 9 aromatic carbocycles. The Hall–Kier alpha value is -8.02. The van der Waals surface area contributed by atoms with E-state index in [4.69, 9.17) is 14.4 Å². The normalized spacial score (nSPS) is 12.1. The molecule has 0 aliphatic heterocycles. The number of hydrogen-bond acceptors (Lipinski definition) is 3. The zero-order valence-corrected chi connectivity index (χ0v) is 31.7. The van der Waals surface area contributed by atoms with Crippen LogP contribution in [0.2, 0.25) is 0 Å². The van der Waals surface area contributed by atoms with Gasteiger partial charge in [0, 0.05) is 49.0 Å². The number of benzene rings is 9. The number of furan rings is 1. The zero-order valence-electron chi connectivity index (χ0n) is 31.7. The molecule has 0 aliphatic rings. The number of nitrogens with zero attached hydrogens (tertiary/aromatic N) is 4. The Bertz CT molecular complexity index is 3840. The van der Waals surface area contributed by atoms with Gasteiger partial charge in [-0.05, 0) is 88.6 Å². The van der Waals surface area contributed by atoms with E-state index in [1.807, 2.05) is 0 Å². The Labute approximate surface area is 337 Å². The third-order valence-corrected chi connectivity index (χ3v) is 12.1. The van der Waals surface area contributed by atoms with Crippen LogP contribution in [0.5, 0.6) is 0 Å². The van der Waals surface area contributed by atoms with Crippen molar-refractivity contribution in [2.45, 2.75) is 0 Å². The van der Waals surface area contributed by atoms with E-state index in [1.165, 1.54) is 21.7 Å². The summed E-state index contributed by atoms with van der Waals surface area (Å²) in [6.45, 7) is 0. The molecule has 0 fully saturated rings. The van der Waals surface area contributed by atoms with E-state index in [9.17, 15) is 0 Å². The Morgan fingerprint density at radius 1 is 0.373 bits per heavy atom. The van der Waals surface area contributed by atoms with E-state index < -0.39 is 0 Å². The molecule has 0 N–H and O–H groups in total. The lowest BCUT2D eigenvalue weighted by molar-refractivity contribution is 0.670. The predicted octanol–water partition coefficient (Wildman–Crippen LogP) is 14.2. The van der Waals surface area contributed by atoms with Crippen LogP contribution in [0.1, 0.15) is 0 Å². The first-order valence-corrected chi connectivity index (χ1v) is 20.0. The molecular formula is C54H32N4O. The summed E-state index contributed by atoms with van der Waals surface area (Å²) in [7, 11) is 0. The van der Waals surface area contributed by atoms with Crippen LogP contribution in [0.4, 0.5) is 0 Å². The molecule has 0 spiro atoms. The van der Waals surface area contributed by atoms with E-state index >= 15 is 0 Å². The van der Waals surface area contributed by atoms with Crippen LogP contribution < -0.4 is 0 Å². The van der Waals surface area contributed by atoms with E-state index in [1.54, 1.807) is 0 Å². The lowest BCUT2D eigenvalue weighted by Crippen LogP contribution is -2.04. The predicted molar refractivity (Wildman–Crippen MR) is 244 cm³/mol. The Balaban J connectivity index is 1.14. The first-order valence-electron chi connectivity index (χ1n) is 20.0. The minimum absolute atomic E-state index is 0.603. The Morgan fingerprint density at radius 2 is 0.983 bits per heavy atom. The molecule has 0 radical (unpaired) electrons. The molecule has 4 heterocycles. The topological polar surface area (TPSA) is 48.8 Å². The van der Waals surface area contributed by atoms with E-state index in [0.29, 0.717) is 5.95 Å². The maximum absolute atomic E-state index is 6.92. The molecule has 0 saturated carbocycles. The number of aromatic nitrogens is 4. The van der Waals surface area contributed by atoms with Gasteiger partial charge < -0.3 is 8.98 Å². The highest BCUT2D eigenvalue weighted by Gasteiger charge is 2.23. The van der Waals surface area contributed by atoms with Crippen LogP contribution in [-0.4, -0.2) is 19.1 Å². The van der Waals surface area contributed by atoms with Crippen LogP contribution in [0.15, 0.2) is 199 Å². The standard InChI is InChI=1S/C54H32N4O/c1-3-15-33(16-4-1)36-28-44-43-27-34-17-7-8-18-35(34)30-51(43)59-53(44)45(29-36)52-40-23-9-12-24-46(40)55-54(56-52)58-48-26-14-11-22-39(48)42-31-41-38-21-10-13-25-47(38)57(49(41)32-50(42)58)37-19-5-2-6-20-37/h1-32H. The number of para-hydroxylation sites is 4. The summed E-state index contributed by atoms with van der Waals surface area (Å²) in [4.78, 5) is 11.0. The summed E-state index contributed by atoms with van der Waals surface area (Å²) in [5.41, 5.74) is 12.0. The van der Waals surface area contributed by atoms with Crippen LogP contribution in [0.3, 0.4) is 0 Å². The molecule has 59 heavy (non-hydrogen) atoms. The first-order chi connectivity index (χ1) is 29.2. The van der Waals surface area contributed by atoms with Gasteiger partial charge in [0.05, 0.1) is 33.3 Å². The maximum atomic E-state index is 6.92. The van der Waals surface area contributed by atoms with E-state index in [2.05, 4.69) is 203 Å². The van der Waals surface area contributed by atoms with Gasteiger partial charge in [-0.25, -0.2) is 9.97 Å². The van der Waals surface area contributed by atoms with E-state index in [-0.39, 0.29) is 0 Å². The summed E-state index contributed by atoms with van der Waals surface area (Å²) in [6, 6.07) is 68.9. The van der Waals surface area contributed by atoms with Gasteiger partial charge in [0.25, 0.3) is 0 Å². The van der Waals surface area contributed by atoms with Gasteiger partial charge in [-0.2, -0.15) is 0 Å². The van der Waals surface area contributed by atoms with E-state index in [0.717, 1.165) is 93.6 Å². The minimum atomic E-state index is 0.603. The van der Waals surface area contributed by atoms with Crippen molar-refractivity contribution >= 4 is 87.2 Å². The second kappa shape index (κ2) is 12.2. The molecule has 0 aliphatic carbocycles. The van der Waals surface area contributed by atoms with Crippen LogP contribution in [0.25, 0.3) is 121 Å². The summed E-state index contributed by atoms with van der Waals surface area (Å²) in [5.74, 6) is 0.603. The van der Waals surface area contributed by atoms with Crippen molar-refractivity contribution in [1.82, 2.24) is 19.1 Å². The zero-order chi connectivity index (χ0) is 38.6. The minimum Gasteiger partial charge on any atom is -0.455 e. The third kappa shape index (κ3) is 4.73. The fourth-order valence-corrected chi connectivity index (χ4v) is 9.41. The van der Waals surface area contributed by atoms with Gasteiger partial charge in [0.1, 0.15) is 11.2 Å². The monoisotopic (exact) mass is 752 g/mol. The molecule has 0 amide bonds. The lowest BCUT2D eigenvalue weighted by atomic mass is 9.96. The van der Waals surface area contributed by atoms with Crippen LogP contribution in [-0.2, 0) is 0 Å². The molecule has 0 saturated heterocycles. The maximum Gasteiger partial charge on any atom is 0.235 e. The molecule has 13 rings (SSSR count). The number of rotatable bonds is 4. The van der Waals surface area contributed by atoms with Crippen LogP contribution in [0, 0.1) is 0 Å². The van der Waals surface area contributed by atoms with Crippen molar-refractivity contribution in [2.24, 2.45) is 0 Å². The van der Waals surface area contributed by atoms with Gasteiger partial charge in [0.15, 0.2) is 0 Å². The van der Waals surface area contributed by atoms with Crippen molar-refractivity contribution in [1.29, 1.82) is 0 Å². The smallest absolute Gasteiger partial charge is 0.235 e. The highest BCUT2D eigenvalue weighted by molar-refractivity contribution is 6.20. The summed E-state index contributed by atoms with van der Waals surface area (Å²) >= 11 is 0. The average molecular weight is 753 g/mol. The highest BCUT2D eigenvalue weighted by atomic mass is 16.3. The van der Waals surface area contributed by atoms with Gasteiger partial charge in [-0.1, -0.05) is 127 Å². The van der Waals surface area contributed by atoms with Crippen molar-refractivity contribution in [2.75, 3.05) is 0 Å².